The molecule has 0 unspecified atom stereocenters. The molecule has 0 saturated carbocycles. The van der Waals surface area contributed by atoms with E-state index in [1.807, 2.05) is 4.89 Å². The van der Waals surface area contributed by atoms with Crippen LogP contribution in [0.4, 0.5) is 0 Å². The van der Waals surface area contributed by atoms with Crippen LogP contribution in [-0.2, 0) is 19.6 Å². The Balaban J connectivity index is 3.92. The summed E-state index contributed by atoms with van der Waals surface area (Å²) in [6.07, 6.45) is 0. The van der Waals surface area contributed by atoms with Crippen molar-refractivity contribution < 1.29 is 18.0 Å². The molecule has 0 saturated heterocycles. The zero-order valence-corrected chi connectivity index (χ0v) is 9.27. The van der Waals surface area contributed by atoms with Crippen LogP contribution < -0.4 is 4.89 Å². The molecule has 1 N–H and O–H groups in total. The highest BCUT2D eigenvalue weighted by atomic mass is 32.2. The van der Waals surface area contributed by atoms with Gasteiger partial charge in [-0.15, -0.1) is 0 Å². The third-order valence-electron chi connectivity index (χ3n) is 1.36. The van der Waals surface area contributed by atoms with Crippen molar-refractivity contribution in [3.63, 3.8) is 0 Å². The normalized spacial score (nSPS) is 13.2. The van der Waals surface area contributed by atoms with Crippen LogP contribution in [0.15, 0.2) is 0 Å². The first-order chi connectivity index (χ1) is 5.81. The average molecular weight is 211 g/mol. The van der Waals surface area contributed by atoms with Gasteiger partial charge in [0.2, 0.25) is 10.0 Å². The van der Waals surface area contributed by atoms with Crippen LogP contribution in [0.2, 0.25) is 0 Å². The van der Waals surface area contributed by atoms with Crippen LogP contribution in [0.3, 0.4) is 0 Å². The molecule has 0 spiro atoms. The van der Waals surface area contributed by atoms with Gasteiger partial charge in [0.1, 0.15) is 0 Å². The number of hydrogen-bond acceptors (Lipinski definition) is 4. The summed E-state index contributed by atoms with van der Waals surface area (Å²) in [5.41, 5.74) is 0. The highest BCUT2D eigenvalue weighted by Gasteiger charge is 2.28. The van der Waals surface area contributed by atoms with Crippen LogP contribution in [0.25, 0.3) is 0 Å². The zero-order valence-electron chi connectivity index (χ0n) is 8.46. The van der Waals surface area contributed by atoms with Gasteiger partial charge in [-0.1, -0.05) is 4.89 Å². The molecule has 0 radical (unpaired) electrons. The molecule has 6 heteroatoms. The summed E-state index contributed by atoms with van der Waals surface area (Å²) in [5.74, 6) is 0. The lowest BCUT2D eigenvalue weighted by Gasteiger charge is -2.18. The van der Waals surface area contributed by atoms with E-state index >= 15 is 0 Å². The van der Waals surface area contributed by atoms with Crippen molar-refractivity contribution in [2.24, 2.45) is 0 Å². The summed E-state index contributed by atoms with van der Waals surface area (Å²) in [4.78, 5) is 6.73. The van der Waals surface area contributed by atoms with Gasteiger partial charge in [0, 0.05) is 7.11 Å². The number of hydrogen-bond donors (Lipinski definition) is 1. The number of ether oxygens (including phenoxy) is 1. The fourth-order valence-electron chi connectivity index (χ4n) is 0.369. The summed E-state index contributed by atoms with van der Waals surface area (Å²) in [5, 5.41) is 0. The van der Waals surface area contributed by atoms with Crippen molar-refractivity contribution in [1.82, 2.24) is 4.89 Å². The second kappa shape index (κ2) is 4.90. The molecule has 13 heavy (non-hydrogen) atoms. The molecule has 0 aliphatic rings. The van der Waals surface area contributed by atoms with Crippen LogP contribution in [0, 0.1) is 0 Å². The third kappa shape index (κ3) is 4.56. The fourth-order valence-corrected chi connectivity index (χ4v) is 0.858. The van der Waals surface area contributed by atoms with Crippen molar-refractivity contribution in [2.45, 2.75) is 25.5 Å². The van der Waals surface area contributed by atoms with E-state index in [1.54, 1.807) is 20.8 Å². The maximum atomic E-state index is 11.3. The van der Waals surface area contributed by atoms with Gasteiger partial charge < -0.3 is 4.74 Å². The predicted octanol–water partition coefficient (Wildman–Crippen LogP) is 0.282. The van der Waals surface area contributed by atoms with E-state index in [1.165, 1.54) is 7.11 Å². The smallest absolute Gasteiger partial charge is 0.238 e. The molecule has 0 aromatic heterocycles. The Labute approximate surface area is 79.4 Å². The van der Waals surface area contributed by atoms with E-state index in [2.05, 4.69) is 4.74 Å². The quantitative estimate of drug-likeness (QED) is 0.524. The fraction of sp³-hybridized carbons (Fsp3) is 1.00. The van der Waals surface area contributed by atoms with E-state index < -0.39 is 14.8 Å². The Morgan fingerprint density at radius 2 is 1.77 bits per heavy atom. The molecule has 0 atom stereocenters. The van der Waals surface area contributed by atoms with Gasteiger partial charge in [-0.2, -0.15) is 0 Å². The van der Waals surface area contributed by atoms with Crippen molar-refractivity contribution in [3.8, 4) is 0 Å². The van der Waals surface area contributed by atoms with E-state index in [0.717, 1.165) is 0 Å². The van der Waals surface area contributed by atoms with Gasteiger partial charge in [-0.3, -0.25) is 4.84 Å². The molecule has 0 bridgehead atoms. The molecule has 0 fully saturated rings. The molecule has 0 amide bonds. The number of sulfonamides is 1. The van der Waals surface area contributed by atoms with E-state index in [4.69, 9.17) is 4.84 Å². The number of methoxy groups -OCH3 is 1. The van der Waals surface area contributed by atoms with Crippen molar-refractivity contribution in [1.29, 1.82) is 0 Å². The predicted molar refractivity (Wildman–Crippen MR) is 49.6 cm³/mol. The molecule has 0 aliphatic carbocycles. The monoisotopic (exact) mass is 211 g/mol. The van der Waals surface area contributed by atoms with Gasteiger partial charge >= 0.3 is 0 Å². The molecule has 0 aliphatic heterocycles. The minimum Gasteiger partial charge on any atom is -0.382 e. The second-order valence-corrected chi connectivity index (χ2v) is 5.94. The minimum absolute atomic E-state index is 0.200. The van der Waals surface area contributed by atoms with Crippen LogP contribution in [-0.4, -0.2) is 33.5 Å². The molecular formula is C7H17NO4S. The molecular weight excluding hydrogens is 194 g/mol. The van der Waals surface area contributed by atoms with Gasteiger partial charge in [0.05, 0.1) is 18.0 Å². The van der Waals surface area contributed by atoms with Crippen molar-refractivity contribution >= 4 is 10.0 Å². The molecule has 0 aromatic carbocycles. The minimum atomic E-state index is -3.41. The Morgan fingerprint density at radius 1 is 1.23 bits per heavy atom. The Bertz CT molecular complexity index is 229. The molecule has 80 valence electrons. The van der Waals surface area contributed by atoms with Gasteiger partial charge in [0.15, 0.2) is 0 Å². The Morgan fingerprint density at radius 3 is 2.15 bits per heavy atom. The van der Waals surface area contributed by atoms with Gasteiger partial charge in [0.25, 0.3) is 0 Å². The lowest BCUT2D eigenvalue weighted by atomic mass is 10.3. The Kier molecular flexibility index (Phi) is 4.83. The number of nitrogens with one attached hydrogen (secondary N) is 1. The molecule has 0 rings (SSSR count). The SMILES string of the molecule is COCCONS(=O)(=O)C(C)(C)C. The summed E-state index contributed by atoms with van der Waals surface area (Å²) < 4.78 is 26.5. The largest absolute Gasteiger partial charge is 0.382 e. The average Bonchev–Trinajstić information content (AvgIpc) is 1.96. The maximum absolute atomic E-state index is 11.3. The van der Waals surface area contributed by atoms with Crippen LogP contribution >= 0.6 is 0 Å². The first-order valence-electron chi connectivity index (χ1n) is 3.93. The van der Waals surface area contributed by atoms with E-state index in [9.17, 15) is 8.42 Å². The highest BCUT2D eigenvalue weighted by Crippen LogP contribution is 2.12. The maximum Gasteiger partial charge on any atom is 0.238 e. The lowest BCUT2D eigenvalue weighted by Crippen LogP contribution is -2.39. The summed E-state index contributed by atoms with van der Waals surface area (Å²) in [6, 6.07) is 0. The lowest BCUT2D eigenvalue weighted by molar-refractivity contribution is 0.0429. The van der Waals surface area contributed by atoms with E-state index in [0.29, 0.717) is 6.61 Å². The standard InChI is InChI=1S/C7H17NO4S/c1-7(2,3)13(9,10)8-12-6-5-11-4/h8H,5-6H2,1-4H3. The summed E-state index contributed by atoms with van der Waals surface area (Å²) in [6.45, 7) is 5.33. The molecule has 5 nitrogen and oxygen atoms in total. The van der Waals surface area contributed by atoms with Crippen LogP contribution in [0.5, 0.6) is 0 Å². The summed E-state index contributed by atoms with van der Waals surface area (Å²) >= 11 is 0. The Hall–Kier alpha value is -0.170. The van der Waals surface area contributed by atoms with Crippen molar-refractivity contribution in [2.75, 3.05) is 20.3 Å². The zero-order chi connectivity index (χ0) is 10.5. The van der Waals surface area contributed by atoms with Gasteiger partial charge in [-0.05, 0) is 20.8 Å². The number of rotatable bonds is 5. The molecule has 0 aromatic rings. The first kappa shape index (κ1) is 12.8. The van der Waals surface area contributed by atoms with Gasteiger partial charge in [-0.25, -0.2) is 8.42 Å². The van der Waals surface area contributed by atoms with Crippen LogP contribution in [0.1, 0.15) is 20.8 Å². The van der Waals surface area contributed by atoms with E-state index in [-0.39, 0.29) is 6.61 Å². The highest BCUT2D eigenvalue weighted by molar-refractivity contribution is 7.90. The molecule has 0 heterocycles. The second-order valence-electron chi connectivity index (χ2n) is 3.54. The summed E-state index contributed by atoms with van der Waals surface area (Å²) in [7, 11) is -1.89. The topological polar surface area (TPSA) is 64.6 Å². The first-order valence-corrected chi connectivity index (χ1v) is 5.41. The third-order valence-corrected chi connectivity index (χ3v) is 3.31. The van der Waals surface area contributed by atoms with Crippen molar-refractivity contribution in [3.05, 3.63) is 0 Å².